The van der Waals surface area contributed by atoms with Crippen LogP contribution in [0.1, 0.15) is 19.4 Å². The normalized spacial score (nSPS) is 13.7. The summed E-state index contributed by atoms with van der Waals surface area (Å²) in [6, 6.07) is 2.76. The van der Waals surface area contributed by atoms with Gasteiger partial charge in [-0.1, -0.05) is 13.8 Å². The lowest BCUT2D eigenvalue weighted by Crippen LogP contribution is -2.30. The van der Waals surface area contributed by atoms with Gasteiger partial charge in [0.05, 0.1) is 10.4 Å². The maximum atomic E-state index is 13.3. The van der Waals surface area contributed by atoms with E-state index in [4.69, 9.17) is 5.11 Å². The maximum absolute atomic E-state index is 13.3. The molecule has 2 unspecified atom stereocenters. The third-order valence-electron chi connectivity index (χ3n) is 3.08. The number of aliphatic carboxylic acids is 1. The monoisotopic (exact) mass is 331 g/mol. The summed E-state index contributed by atoms with van der Waals surface area (Å²) >= 11 is 3.04. The SMILES string of the molecule is Cc1cc(F)c(Br)cc1NC(=O)C(C)C(C)C(=O)O. The number of carbonyl (C=O) groups excluding carboxylic acids is 1. The number of amides is 1. The molecule has 1 amide bonds. The first-order valence-electron chi connectivity index (χ1n) is 5.73. The van der Waals surface area contributed by atoms with Crippen LogP contribution in [-0.2, 0) is 9.59 Å². The van der Waals surface area contributed by atoms with Gasteiger partial charge in [0.2, 0.25) is 5.91 Å². The van der Waals surface area contributed by atoms with Crippen molar-refractivity contribution in [3.8, 4) is 0 Å². The van der Waals surface area contributed by atoms with Crippen molar-refractivity contribution in [2.45, 2.75) is 20.8 Å². The molecule has 0 radical (unpaired) electrons. The number of rotatable bonds is 4. The second kappa shape index (κ2) is 6.14. The Morgan fingerprint density at radius 3 is 2.42 bits per heavy atom. The van der Waals surface area contributed by atoms with Crippen molar-refractivity contribution < 1.29 is 19.1 Å². The fourth-order valence-corrected chi connectivity index (χ4v) is 1.81. The van der Waals surface area contributed by atoms with E-state index in [1.54, 1.807) is 13.8 Å². The number of benzene rings is 1. The summed E-state index contributed by atoms with van der Waals surface area (Å²) in [6.45, 7) is 4.68. The summed E-state index contributed by atoms with van der Waals surface area (Å²) < 4.78 is 13.5. The largest absolute Gasteiger partial charge is 0.481 e. The van der Waals surface area contributed by atoms with Gasteiger partial charge in [-0.3, -0.25) is 9.59 Å². The van der Waals surface area contributed by atoms with Crippen LogP contribution in [0.5, 0.6) is 0 Å². The van der Waals surface area contributed by atoms with Gasteiger partial charge in [-0.25, -0.2) is 4.39 Å². The lowest BCUT2D eigenvalue weighted by atomic mass is 9.95. The molecule has 0 heterocycles. The van der Waals surface area contributed by atoms with Crippen LogP contribution >= 0.6 is 15.9 Å². The van der Waals surface area contributed by atoms with E-state index < -0.39 is 29.5 Å². The molecule has 0 saturated carbocycles. The molecular formula is C13H15BrFNO3. The van der Waals surface area contributed by atoms with Gasteiger partial charge in [0.25, 0.3) is 0 Å². The van der Waals surface area contributed by atoms with Gasteiger partial charge < -0.3 is 10.4 Å². The third kappa shape index (κ3) is 3.76. The highest BCUT2D eigenvalue weighted by Crippen LogP contribution is 2.25. The molecule has 0 spiro atoms. The van der Waals surface area contributed by atoms with Gasteiger partial charge >= 0.3 is 5.97 Å². The molecule has 6 heteroatoms. The van der Waals surface area contributed by atoms with Crippen LogP contribution in [0.15, 0.2) is 16.6 Å². The minimum absolute atomic E-state index is 0.243. The van der Waals surface area contributed by atoms with Crippen molar-refractivity contribution in [3.05, 3.63) is 28.0 Å². The lowest BCUT2D eigenvalue weighted by Gasteiger charge is -2.17. The standard InChI is InChI=1S/C13H15BrFNO3/c1-6-4-10(15)9(14)5-11(6)16-12(17)7(2)8(3)13(18)19/h4-5,7-8H,1-3H3,(H,16,17)(H,18,19). The zero-order chi connectivity index (χ0) is 14.7. The van der Waals surface area contributed by atoms with Gasteiger partial charge in [-0.05, 0) is 40.5 Å². The van der Waals surface area contributed by atoms with Crippen molar-refractivity contribution in [1.82, 2.24) is 0 Å². The Hall–Kier alpha value is -1.43. The molecule has 1 rings (SSSR count). The smallest absolute Gasteiger partial charge is 0.307 e. The molecule has 0 bridgehead atoms. The number of halogens is 2. The molecule has 19 heavy (non-hydrogen) atoms. The molecule has 1 aromatic carbocycles. The number of anilines is 1. The van der Waals surface area contributed by atoms with Crippen LogP contribution in [-0.4, -0.2) is 17.0 Å². The molecule has 0 fully saturated rings. The van der Waals surface area contributed by atoms with Crippen LogP contribution in [0.25, 0.3) is 0 Å². The molecule has 0 aliphatic rings. The van der Waals surface area contributed by atoms with Crippen molar-refractivity contribution >= 4 is 33.5 Å². The fraction of sp³-hybridized carbons (Fsp3) is 0.385. The quantitative estimate of drug-likeness (QED) is 0.890. The summed E-state index contributed by atoms with van der Waals surface area (Å²) in [4.78, 5) is 22.7. The molecule has 0 aliphatic carbocycles. The average molecular weight is 332 g/mol. The summed E-state index contributed by atoms with van der Waals surface area (Å²) in [6.07, 6.45) is 0. The molecular weight excluding hydrogens is 317 g/mol. The molecule has 4 nitrogen and oxygen atoms in total. The number of carboxylic acids is 1. The predicted octanol–water partition coefficient (Wildman–Crippen LogP) is 3.19. The number of hydrogen-bond acceptors (Lipinski definition) is 2. The van der Waals surface area contributed by atoms with E-state index in [1.165, 1.54) is 19.1 Å². The average Bonchev–Trinajstić information content (AvgIpc) is 2.33. The van der Waals surface area contributed by atoms with E-state index in [1.807, 2.05) is 0 Å². The molecule has 0 aromatic heterocycles. The number of carbonyl (C=O) groups is 2. The first kappa shape index (κ1) is 15.6. The van der Waals surface area contributed by atoms with Gasteiger partial charge in [-0.15, -0.1) is 0 Å². The van der Waals surface area contributed by atoms with Crippen LogP contribution in [0, 0.1) is 24.6 Å². The third-order valence-corrected chi connectivity index (χ3v) is 3.69. The van der Waals surface area contributed by atoms with Crippen LogP contribution in [0.3, 0.4) is 0 Å². The number of carboxylic acid groups (broad SMARTS) is 1. The van der Waals surface area contributed by atoms with Crippen molar-refractivity contribution in [1.29, 1.82) is 0 Å². The van der Waals surface area contributed by atoms with E-state index in [0.717, 1.165) is 0 Å². The molecule has 2 atom stereocenters. The first-order chi connectivity index (χ1) is 8.73. The van der Waals surface area contributed by atoms with Gasteiger partial charge in [-0.2, -0.15) is 0 Å². The van der Waals surface area contributed by atoms with Gasteiger partial charge in [0, 0.05) is 11.6 Å². The Balaban J connectivity index is 2.88. The van der Waals surface area contributed by atoms with Crippen LogP contribution < -0.4 is 5.32 Å². The Labute approximate surface area is 119 Å². The minimum Gasteiger partial charge on any atom is -0.481 e. The highest BCUT2D eigenvalue weighted by Gasteiger charge is 2.26. The van der Waals surface area contributed by atoms with E-state index >= 15 is 0 Å². The highest BCUT2D eigenvalue weighted by atomic mass is 79.9. The zero-order valence-electron chi connectivity index (χ0n) is 10.8. The molecule has 0 aliphatic heterocycles. The summed E-state index contributed by atoms with van der Waals surface area (Å²) in [5, 5.41) is 11.5. The minimum atomic E-state index is -1.03. The van der Waals surface area contributed by atoms with Gasteiger partial charge in [0.1, 0.15) is 5.82 Å². The highest BCUT2D eigenvalue weighted by molar-refractivity contribution is 9.10. The van der Waals surface area contributed by atoms with Crippen molar-refractivity contribution in [2.75, 3.05) is 5.32 Å². The zero-order valence-corrected chi connectivity index (χ0v) is 12.4. The summed E-state index contributed by atoms with van der Waals surface area (Å²) in [5.41, 5.74) is 1.03. The van der Waals surface area contributed by atoms with E-state index in [2.05, 4.69) is 21.2 Å². The van der Waals surface area contributed by atoms with Crippen molar-refractivity contribution in [3.63, 3.8) is 0 Å². The van der Waals surface area contributed by atoms with Crippen LogP contribution in [0.2, 0.25) is 0 Å². The second-order valence-corrected chi connectivity index (χ2v) is 5.34. The Bertz CT molecular complexity index is 519. The van der Waals surface area contributed by atoms with Gasteiger partial charge in [0.15, 0.2) is 0 Å². The number of hydrogen-bond donors (Lipinski definition) is 2. The maximum Gasteiger partial charge on any atom is 0.307 e. The Kier molecular flexibility index (Phi) is 5.05. The van der Waals surface area contributed by atoms with Crippen LogP contribution in [0.4, 0.5) is 10.1 Å². The molecule has 1 aromatic rings. The number of nitrogens with one attached hydrogen (secondary N) is 1. The molecule has 2 N–H and O–H groups in total. The first-order valence-corrected chi connectivity index (χ1v) is 6.52. The second-order valence-electron chi connectivity index (χ2n) is 4.49. The number of aryl methyl sites for hydroxylation is 1. The van der Waals surface area contributed by atoms with E-state index in [0.29, 0.717) is 11.3 Å². The summed E-state index contributed by atoms with van der Waals surface area (Å²) in [5.74, 6) is -3.32. The lowest BCUT2D eigenvalue weighted by molar-refractivity contribution is -0.145. The molecule has 0 saturated heterocycles. The predicted molar refractivity (Wildman–Crippen MR) is 73.4 cm³/mol. The molecule has 104 valence electrons. The van der Waals surface area contributed by atoms with E-state index in [-0.39, 0.29) is 4.47 Å². The fourth-order valence-electron chi connectivity index (χ4n) is 1.47. The topological polar surface area (TPSA) is 66.4 Å². The summed E-state index contributed by atoms with van der Waals surface area (Å²) in [7, 11) is 0. The Morgan fingerprint density at radius 1 is 1.32 bits per heavy atom. The van der Waals surface area contributed by atoms with Crippen molar-refractivity contribution in [2.24, 2.45) is 11.8 Å². The van der Waals surface area contributed by atoms with E-state index in [9.17, 15) is 14.0 Å². The Morgan fingerprint density at radius 2 is 1.89 bits per heavy atom.